The van der Waals surface area contributed by atoms with Gasteiger partial charge < -0.3 is 0 Å². The van der Waals surface area contributed by atoms with E-state index in [1.165, 1.54) is 17.8 Å². The number of aromatic nitrogens is 3. The fourth-order valence-electron chi connectivity index (χ4n) is 2.62. The molecule has 0 amide bonds. The third kappa shape index (κ3) is 1.31. The first-order valence-electron chi connectivity index (χ1n) is 5.50. The molecule has 15 heavy (non-hydrogen) atoms. The van der Waals surface area contributed by atoms with Gasteiger partial charge in [0.15, 0.2) is 0 Å². The molecule has 0 bridgehead atoms. The average molecular weight is 221 g/mol. The molecule has 2 aromatic heterocycles. The van der Waals surface area contributed by atoms with Gasteiger partial charge in [-0.3, -0.25) is 0 Å². The van der Waals surface area contributed by atoms with Gasteiger partial charge in [0, 0.05) is 5.92 Å². The number of hydrogen-bond acceptors (Lipinski definition) is 3. The second-order valence-corrected chi connectivity index (χ2v) is 5.87. The molecular formula is C11H15N3S. The Morgan fingerprint density at radius 3 is 3.00 bits per heavy atom. The highest BCUT2D eigenvalue weighted by molar-refractivity contribution is 7.16. The van der Waals surface area contributed by atoms with E-state index in [2.05, 4.69) is 23.5 Å². The molecule has 0 saturated carbocycles. The van der Waals surface area contributed by atoms with E-state index < -0.39 is 0 Å². The number of aryl methyl sites for hydroxylation is 1. The number of nitrogens with zero attached hydrogens (tertiary/aromatic N) is 3. The third-order valence-corrected chi connectivity index (χ3v) is 4.02. The highest BCUT2D eigenvalue weighted by atomic mass is 32.1. The molecule has 2 heterocycles. The summed E-state index contributed by atoms with van der Waals surface area (Å²) in [6.45, 7) is 6.64. The molecule has 1 aliphatic carbocycles. The second kappa shape index (κ2) is 3.04. The Labute approximate surface area is 93.1 Å². The molecule has 3 rings (SSSR count). The first-order chi connectivity index (χ1) is 7.15. The molecule has 0 aliphatic heterocycles. The van der Waals surface area contributed by atoms with Crippen molar-refractivity contribution in [3.63, 3.8) is 0 Å². The highest BCUT2D eigenvalue weighted by Gasteiger charge is 2.27. The van der Waals surface area contributed by atoms with Crippen LogP contribution in [-0.4, -0.2) is 14.6 Å². The molecule has 0 aromatic carbocycles. The van der Waals surface area contributed by atoms with E-state index in [9.17, 15) is 0 Å². The Morgan fingerprint density at radius 1 is 1.40 bits per heavy atom. The van der Waals surface area contributed by atoms with E-state index in [4.69, 9.17) is 4.98 Å². The summed E-state index contributed by atoms with van der Waals surface area (Å²) in [5.41, 5.74) is 2.63. The molecule has 0 fully saturated rings. The van der Waals surface area contributed by atoms with Crippen LogP contribution in [0.1, 0.15) is 42.6 Å². The molecule has 1 aliphatic rings. The van der Waals surface area contributed by atoms with Crippen LogP contribution in [0.4, 0.5) is 0 Å². The molecule has 2 unspecified atom stereocenters. The predicted molar refractivity (Wildman–Crippen MR) is 61.5 cm³/mol. The van der Waals surface area contributed by atoms with Crippen molar-refractivity contribution < 1.29 is 0 Å². The topological polar surface area (TPSA) is 30.2 Å². The zero-order valence-corrected chi connectivity index (χ0v) is 10.1. The zero-order chi connectivity index (χ0) is 10.6. The van der Waals surface area contributed by atoms with Crippen molar-refractivity contribution in [1.29, 1.82) is 0 Å². The average Bonchev–Trinajstić information content (AvgIpc) is 2.63. The Bertz CT molecular complexity index is 511. The maximum Gasteiger partial charge on any atom is 0.212 e. The van der Waals surface area contributed by atoms with Crippen LogP contribution in [0.2, 0.25) is 0 Å². The van der Waals surface area contributed by atoms with Crippen molar-refractivity contribution in [2.45, 2.75) is 39.5 Å². The highest BCUT2D eigenvalue weighted by Crippen LogP contribution is 2.35. The fraction of sp³-hybridized carbons (Fsp3) is 0.636. The zero-order valence-electron chi connectivity index (χ0n) is 9.32. The molecular weight excluding hydrogens is 206 g/mol. The predicted octanol–water partition coefficient (Wildman–Crippen LogP) is 2.79. The minimum Gasteiger partial charge on any atom is -0.222 e. The standard InChI is InChI=1S/C11H15N3S/c1-6-4-7(2)10-9(5-6)14-11(12-10)15-8(3)13-14/h6-7H,4-5H2,1-3H3. The van der Waals surface area contributed by atoms with E-state index in [0.29, 0.717) is 5.92 Å². The number of hydrogen-bond donors (Lipinski definition) is 0. The Balaban J connectivity index is 2.24. The minimum atomic E-state index is 0.595. The van der Waals surface area contributed by atoms with Crippen LogP contribution in [0.5, 0.6) is 0 Å². The van der Waals surface area contributed by atoms with Gasteiger partial charge in [-0.1, -0.05) is 25.2 Å². The van der Waals surface area contributed by atoms with E-state index in [0.717, 1.165) is 22.3 Å². The minimum absolute atomic E-state index is 0.595. The first-order valence-corrected chi connectivity index (χ1v) is 6.31. The molecule has 0 radical (unpaired) electrons. The van der Waals surface area contributed by atoms with Crippen molar-refractivity contribution in [3.05, 3.63) is 16.4 Å². The van der Waals surface area contributed by atoms with Gasteiger partial charge in [-0.05, 0) is 25.7 Å². The number of rotatable bonds is 0. The Hall–Kier alpha value is -0.900. The summed E-state index contributed by atoms with van der Waals surface area (Å²) in [5.74, 6) is 1.35. The Kier molecular flexibility index (Phi) is 1.89. The molecule has 0 N–H and O–H groups in total. The van der Waals surface area contributed by atoms with Crippen molar-refractivity contribution in [2.75, 3.05) is 0 Å². The van der Waals surface area contributed by atoms with Gasteiger partial charge in [0.2, 0.25) is 4.96 Å². The molecule has 0 saturated heterocycles. The van der Waals surface area contributed by atoms with Gasteiger partial charge in [0.1, 0.15) is 5.01 Å². The normalized spacial score (nSPS) is 25.8. The molecule has 0 spiro atoms. The largest absolute Gasteiger partial charge is 0.222 e. The summed E-state index contributed by atoms with van der Waals surface area (Å²) in [5, 5.41) is 5.63. The lowest BCUT2D eigenvalue weighted by molar-refractivity contribution is 0.435. The SMILES string of the molecule is Cc1nn2c3c(nc2s1)C(C)CC(C)C3. The van der Waals surface area contributed by atoms with Crippen LogP contribution < -0.4 is 0 Å². The van der Waals surface area contributed by atoms with Crippen LogP contribution >= 0.6 is 11.3 Å². The van der Waals surface area contributed by atoms with Crippen LogP contribution in [0, 0.1) is 12.8 Å². The lowest BCUT2D eigenvalue weighted by Gasteiger charge is -2.22. The number of fused-ring (bicyclic) bond motifs is 3. The molecule has 3 nitrogen and oxygen atoms in total. The van der Waals surface area contributed by atoms with Gasteiger partial charge in [0.05, 0.1) is 11.4 Å². The van der Waals surface area contributed by atoms with Crippen molar-refractivity contribution in [2.24, 2.45) is 5.92 Å². The van der Waals surface area contributed by atoms with Crippen molar-refractivity contribution in [1.82, 2.24) is 14.6 Å². The second-order valence-electron chi connectivity index (χ2n) is 4.71. The van der Waals surface area contributed by atoms with E-state index >= 15 is 0 Å². The van der Waals surface area contributed by atoms with Gasteiger partial charge >= 0.3 is 0 Å². The lowest BCUT2D eigenvalue weighted by atomic mass is 9.84. The van der Waals surface area contributed by atoms with Crippen LogP contribution in [0.25, 0.3) is 4.96 Å². The van der Waals surface area contributed by atoms with Crippen LogP contribution in [-0.2, 0) is 6.42 Å². The van der Waals surface area contributed by atoms with Gasteiger partial charge in [-0.25, -0.2) is 9.50 Å². The fourth-order valence-corrected chi connectivity index (χ4v) is 3.38. The van der Waals surface area contributed by atoms with Crippen molar-refractivity contribution in [3.8, 4) is 0 Å². The quantitative estimate of drug-likeness (QED) is 0.684. The molecule has 2 atom stereocenters. The van der Waals surface area contributed by atoms with Crippen molar-refractivity contribution >= 4 is 16.3 Å². The van der Waals surface area contributed by atoms with Gasteiger partial charge in [0.25, 0.3) is 0 Å². The molecule has 2 aromatic rings. The van der Waals surface area contributed by atoms with E-state index in [-0.39, 0.29) is 0 Å². The number of imidazole rings is 1. The smallest absolute Gasteiger partial charge is 0.212 e. The van der Waals surface area contributed by atoms with E-state index in [1.54, 1.807) is 11.3 Å². The molecule has 4 heteroatoms. The summed E-state index contributed by atoms with van der Waals surface area (Å²) < 4.78 is 2.06. The van der Waals surface area contributed by atoms with Gasteiger partial charge in [-0.2, -0.15) is 5.10 Å². The lowest BCUT2D eigenvalue weighted by Crippen LogP contribution is -2.16. The van der Waals surface area contributed by atoms with Gasteiger partial charge in [-0.15, -0.1) is 0 Å². The maximum absolute atomic E-state index is 4.71. The summed E-state index contributed by atoms with van der Waals surface area (Å²) in [7, 11) is 0. The summed E-state index contributed by atoms with van der Waals surface area (Å²) in [6, 6.07) is 0. The summed E-state index contributed by atoms with van der Waals surface area (Å²) in [4.78, 5) is 5.78. The van der Waals surface area contributed by atoms with Crippen LogP contribution in [0.3, 0.4) is 0 Å². The third-order valence-electron chi connectivity index (χ3n) is 3.19. The first kappa shape index (κ1) is 9.33. The van der Waals surface area contributed by atoms with Crippen LogP contribution in [0.15, 0.2) is 0 Å². The van der Waals surface area contributed by atoms with E-state index in [1.807, 2.05) is 6.92 Å². The Morgan fingerprint density at radius 2 is 2.20 bits per heavy atom. The summed E-state index contributed by atoms with van der Waals surface area (Å²) in [6.07, 6.45) is 2.39. The molecule has 80 valence electrons. The summed E-state index contributed by atoms with van der Waals surface area (Å²) >= 11 is 1.69. The monoisotopic (exact) mass is 221 g/mol. The maximum atomic E-state index is 4.71.